The van der Waals surface area contributed by atoms with Crippen molar-refractivity contribution in [2.45, 2.75) is 25.3 Å². The molecule has 5 heteroatoms. The van der Waals surface area contributed by atoms with Gasteiger partial charge in [0.2, 0.25) is 0 Å². The van der Waals surface area contributed by atoms with Crippen LogP contribution in [0.5, 0.6) is 5.75 Å². The zero-order chi connectivity index (χ0) is 16.6. The van der Waals surface area contributed by atoms with Crippen molar-refractivity contribution >= 4 is 5.91 Å². The van der Waals surface area contributed by atoms with Gasteiger partial charge in [0, 0.05) is 6.54 Å². The predicted octanol–water partition coefficient (Wildman–Crippen LogP) is 3.00. The van der Waals surface area contributed by atoms with Crippen LogP contribution in [0.15, 0.2) is 53.1 Å². The Balaban J connectivity index is 1.52. The first-order valence-corrected chi connectivity index (χ1v) is 8.55. The van der Waals surface area contributed by atoms with Crippen molar-refractivity contribution in [1.29, 1.82) is 0 Å². The lowest BCUT2D eigenvalue weighted by Crippen LogP contribution is -2.41. The summed E-state index contributed by atoms with van der Waals surface area (Å²) in [5.41, 5.74) is 0. The molecule has 128 valence electrons. The van der Waals surface area contributed by atoms with Crippen molar-refractivity contribution in [3.8, 4) is 5.75 Å². The van der Waals surface area contributed by atoms with Crippen LogP contribution in [0.3, 0.4) is 0 Å². The highest BCUT2D eigenvalue weighted by Gasteiger charge is 2.24. The average molecular weight is 328 g/mol. The fourth-order valence-corrected chi connectivity index (χ4v) is 3.05. The molecule has 2 aromatic rings. The molecule has 0 unspecified atom stereocenters. The molecule has 1 N–H and O–H groups in total. The van der Waals surface area contributed by atoms with Gasteiger partial charge in [0.05, 0.1) is 12.3 Å². The van der Waals surface area contributed by atoms with Gasteiger partial charge in [-0.15, -0.1) is 0 Å². The van der Waals surface area contributed by atoms with E-state index in [1.165, 1.54) is 19.3 Å². The van der Waals surface area contributed by atoms with Crippen molar-refractivity contribution < 1.29 is 13.9 Å². The Bertz CT molecular complexity index is 607. The molecule has 0 saturated carbocycles. The van der Waals surface area contributed by atoms with Crippen LogP contribution in [0.1, 0.15) is 31.1 Å². The van der Waals surface area contributed by atoms with Crippen LogP contribution in [-0.2, 0) is 4.79 Å². The summed E-state index contributed by atoms with van der Waals surface area (Å²) in [6.07, 6.45) is 5.36. The quantitative estimate of drug-likeness (QED) is 0.849. The van der Waals surface area contributed by atoms with Gasteiger partial charge < -0.3 is 14.5 Å². The molecule has 1 amide bonds. The summed E-state index contributed by atoms with van der Waals surface area (Å²) in [7, 11) is 0. The number of nitrogens with zero attached hydrogens (tertiary/aromatic N) is 1. The fraction of sp³-hybridized carbons (Fsp3) is 0.421. The minimum Gasteiger partial charge on any atom is -0.484 e. The second-order valence-electron chi connectivity index (χ2n) is 6.03. The Kier molecular flexibility index (Phi) is 5.90. The number of likely N-dealkylation sites (tertiary alicyclic amines) is 1. The van der Waals surface area contributed by atoms with Gasteiger partial charge in [-0.25, -0.2) is 0 Å². The zero-order valence-corrected chi connectivity index (χ0v) is 13.8. The van der Waals surface area contributed by atoms with E-state index in [0.717, 1.165) is 18.8 Å². The number of benzene rings is 1. The van der Waals surface area contributed by atoms with E-state index in [4.69, 9.17) is 9.15 Å². The molecule has 1 saturated heterocycles. The minimum absolute atomic E-state index is 0.0227. The number of rotatable bonds is 7. The highest BCUT2D eigenvalue weighted by Crippen LogP contribution is 2.24. The molecule has 1 fully saturated rings. The lowest BCUT2D eigenvalue weighted by Gasteiger charge is -2.33. The van der Waals surface area contributed by atoms with E-state index in [9.17, 15) is 4.79 Å². The van der Waals surface area contributed by atoms with Crippen LogP contribution in [0, 0.1) is 0 Å². The second-order valence-corrected chi connectivity index (χ2v) is 6.03. The number of piperidine rings is 1. The number of para-hydroxylation sites is 1. The number of hydrogen-bond donors (Lipinski definition) is 1. The standard InChI is InChI=1S/C19H24N2O3/c22-19(15-24-16-8-3-1-4-9-16)20-14-17(18-10-7-13-23-18)21-11-5-2-6-12-21/h1,3-4,7-10,13,17H,2,5-6,11-12,14-15H2,(H,20,22)/t17-/m0/s1. The topological polar surface area (TPSA) is 54.7 Å². The summed E-state index contributed by atoms with van der Waals surface area (Å²) in [5.74, 6) is 1.49. The van der Waals surface area contributed by atoms with E-state index < -0.39 is 0 Å². The first kappa shape index (κ1) is 16.6. The van der Waals surface area contributed by atoms with Gasteiger partial charge in [-0.1, -0.05) is 24.6 Å². The second kappa shape index (κ2) is 8.55. The van der Waals surface area contributed by atoms with Gasteiger partial charge in [0.25, 0.3) is 5.91 Å². The van der Waals surface area contributed by atoms with Gasteiger partial charge in [-0.2, -0.15) is 0 Å². The number of ether oxygens (including phenoxy) is 1. The van der Waals surface area contributed by atoms with E-state index in [1.54, 1.807) is 6.26 Å². The summed E-state index contributed by atoms with van der Waals surface area (Å²) in [5, 5.41) is 2.97. The molecule has 0 spiro atoms. The van der Waals surface area contributed by atoms with Crippen LogP contribution in [0.2, 0.25) is 0 Å². The number of carbonyl (C=O) groups excluding carboxylic acids is 1. The maximum Gasteiger partial charge on any atom is 0.258 e. The van der Waals surface area contributed by atoms with Crippen LogP contribution < -0.4 is 10.1 Å². The molecule has 2 heterocycles. The summed E-state index contributed by atoms with van der Waals surface area (Å²) >= 11 is 0. The van der Waals surface area contributed by atoms with Crippen LogP contribution in [-0.4, -0.2) is 37.0 Å². The normalized spacial score (nSPS) is 16.5. The van der Waals surface area contributed by atoms with Crippen LogP contribution >= 0.6 is 0 Å². The Morgan fingerprint density at radius 2 is 1.92 bits per heavy atom. The van der Waals surface area contributed by atoms with Gasteiger partial charge in [-0.05, 0) is 50.2 Å². The third-order valence-corrected chi connectivity index (χ3v) is 4.31. The number of hydrogen-bond acceptors (Lipinski definition) is 4. The number of carbonyl (C=O) groups is 1. The smallest absolute Gasteiger partial charge is 0.258 e. The first-order chi connectivity index (χ1) is 11.8. The SMILES string of the molecule is O=C(COc1ccccc1)NC[C@@H](c1ccco1)N1CCCCC1. The molecule has 5 nitrogen and oxygen atoms in total. The Morgan fingerprint density at radius 1 is 1.12 bits per heavy atom. The highest BCUT2D eigenvalue weighted by atomic mass is 16.5. The van der Waals surface area contributed by atoms with E-state index in [-0.39, 0.29) is 18.6 Å². The van der Waals surface area contributed by atoms with Gasteiger partial charge in [0.1, 0.15) is 11.5 Å². The molecule has 0 bridgehead atoms. The van der Waals surface area contributed by atoms with Crippen molar-refractivity contribution in [2.24, 2.45) is 0 Å². The van der Waals surface area contributed by atoms with E-state index in [2.05, 4.69) is 10.2 Å². The molecule has 1 aromatic heterocycles. The minimum atomic E-state index is -0.118. The molecule has 1 atom stereocenters. The summed E-state index contributed by atoms with van der Waals surface area (Å²) in [6, 6.07) is 13.3. The zero-order valence-electron chi connectivity index (χ0n) is 13.8. The van der Waals surface area contributed by atoms with Crippen molar-refractivity contribution in [2.75, 3.05) is 26.2 Å². The molecule has 3 rings (SSSR count). The average Bonchev–Trinajstić information content (AvgIpc) is 3.16. The first-order valence-electron chi connectivity index (χ1n) is 8.55. The van der Waals surface area contributed by atoms with Crippen molar-refractivity contribution in [3.63, 3.8) is 0 Å². The maximum atomic E-state index is 12.1. The summed E-state index contributed by atoms with van der Waals surface area (Å²) in [6.45, 7) is 2.64. The molecule has 1 aromatic carbocycles. The molecule has 0 aliphatic carbocycles. The van der Waals surface area contributed by atoms with Crippen molar-refractivity contribution in [3.05, 3.63) is 54.5 Å². The van der Waals surface area contributed by atoms with Gasteiger partial charge in [-0.3, -0.25) is 9.69 Å². The third kappa shape index (κ3) is 4.61. The van der Waals surface area contributed by atoms with E-state index >= 15 is 0 Å². The predicted molar refractivity (Wildman–Crippen MR) is 91.8 cm³/mol. The highest BCUT2D eigenvalue weighted by molar-refractivity contribution is 5.77. The van der Waals surface area contributed by atoms with Crippen LogP contribution in [0.25, 0.3) is 0 Å². The van der Waals surface area contributed by atoms with E-state index in [0.29, 0.717) is 12.3 Å². The Hall–Kier alpha value is -2.27. The van der Waals surface area contributed by atoms with Gasteiger partial charge >= 0.3 is 0 Å². The number of amides is 1. The molecule has 1 aliphatic heterocycles. The summed E-state index contributed by atoms with van der Waals surface area (Å²) in [4.78, 5) is 14.5. The van der Waals surface area contributed by atoms with E-state index in [1.807, 2.05) is 42.5 Å². The summed E-state index contributed by atoms with van der Waals surface area (Å²) < 4.78 is 11.1. The maximum absolute atomic E-state index is 12.1. The lowest BCUT2D eigenvalue weighted by molar-refractivity contribution is -0.123. The number of furan rings is 1. The molecule has 1 aliphatic rings. The molecular weight excluding hydrogens is 304 g/mol. The van der Waals surface area contributed by atoms with Crippen molar-refractivity contribution in [1.82, 2.24) is 10.2 Å². The molecule has 24 heavy (non-hydrogen) atoms. The molecule has 0 radical (unpaired) electrons. The lowest BCUT2D eigenvalue weighted by atomic mass is 10.1. The monoisotopic (exact) mass is 328 g/mol. The largest absolute Gasteiger partial charge is 0.484 e. The van der Waals surface area contributed by atoms with Gasteiger partial charge in [0.15, 0.2) is 6.61 Å². The Labute approximate surface area is 142 Å². The number of nitrogens with one attached hydrogen (secondary N) is 1. The van der Waals surface area contributed by atoms with Crippen LogP contribution in [0.4, 0.5) is 0 Å². The fourth-order valence-electron chi connectivity index (χ4n) is 3.05. The Morgan fingerprint density at radius 3 is 2.62 bits per heavy atom. The molecular formula is C19H24N2O3. The third-order valence-electron chi connectivity index (χ3n) is 4.31.